The van der Waals surface area contributed by atoms with Crippen LogP contribution in [0.15, 0.2) is 60.0 Å². The van der Waals surface area contributed by atoms with E-state index in [9.17, 15) is 18.0 Å². The fourth-order valence-electron chi connectivity index (χ4n) is 2.54. The van der Waals surface area contributed by atoms with Crippen molar-refractivity contribution in [1.29, 1.82) is 0 Å². The minimum Gasteiger partial charge on any atom is -0.449 e. The molecule has 0 spiro atoms. The monoisotopic (exact) mass is 416 g/mol. The van der Waals surface area contributed by atoms with Crippen LogP contribution in [0.4, 0.5) is 5.69 Å². The molecular weight excluding hydrogens is 392 g/mol. The van der Waals surface area contributed by atoms with E-state index in [4.69, 9.17) is 4.74 Å². The van der Waals surface area contributed by atoms with Crippen molar-refractivity contribution in [2.45, 2.75) is 31.8 Å². The molecule has 2 aromatic rings. The SMILES string of the molecule is C=CCNC(=O)C(C)OC(=O)c1ccccc1NS(=O)(=O)c1cc(C)ccc1C. The van der Waals surface area contributed by atoms with Gasteiger partial charge < -0.3 is 10.1 Å². The van der Waals surface area contributed by atoms with E-state index in [2.05, 4.69) is 16.6 Å². The number of ether oxygens (including phenoxy) is 1. The van der Waals surface area contributed by atoms with Gasteiger partial charge in [0.15, 0.2) is 6.10 Å². The zero-order valence-corrected chi connectivity index (χ0v) is 17.4. The first-order valence-corrected chi connectivity index (χ1v) is 10.4. The van der Waals surface area contributed by atoms with Gasteiger partial charge in [-0.3, -0.25) is 9.52 Å². The van der Waals surface area contributed by atoms with Gasteiger partial charge in [0, 0.05) is 6.54 Å². The average molecular weight is 416 g/mol. The third kappa shape index (κ3) is 5.68. The molecule has 1 unspecified atom stereocenters. The van der Waals surface area contributed by atoms with Crippen molar-refractivity contribution in [3.63, 3.8) is 0 Å². The van der Waals surface area contributed by atoms with Gasteiger partial charge in [-0.25, -0.2) is 13.2 Å². The zero-order chi connectivity index (χ0) is 21.6. The lowest BCUT2D eigenvalue weighted by atomic mass is 10.2. The summed E-state index contributed by atoms with van der Waals surface area (Å²) in [7, 11) is -3.93. The summed E-state index contributed by atoms with van der Waals surface area (Å²) in [5, 5.41) is 2.53. The maximum atomic E-state index is 12.9. The molecule has 2 rings (SSSR count). The van der Waals surface area contributed by atoms with Gasteiger partial charge in [0.1, 0.15) is 0 Å². The van der Waals surface area contributed by atoms with Crippen LogP contribution in [0.3, 0.4) is 0 Å². The molecule has 1 amide bonds. The van der Waals surface area contributed by atoms with Gasteiger partial charge in [-0.15, -0.1) is 6.58 Å². The molecule has 29 heavy (non-hydrogen) atoms. The van der Waals surface area contributed by atoms with Crippen LogP contribution >= 0.6 is 0 Å². The molecule has 2 N–H and O–H groups in total. The standard InChI is InChI=1S/C21H24N2O5S/c1-5-12-22-20(24)16(4)28-21(25)17-8-6-7-9-18(17)23-29(26,27)19-13-14(2)10-11-15(19)3/h5-11,13,16,23H,1,12H2,2-4H3,(H,22,24). The minimum absolute atomic E-state index is 0.00440. The molecule has 0 saturated carbocycles. The highest BCUT2D eigenvalue weighted by Gasteiger charge is 2.23. The number of hydrogen-bond donors (Lipinski definition) is 2. The van der Waals surface area contributed by atoms with Crippen molar-refractivity contribution in [2.24, 2.45) is 0 Å². The fraction of sp³-hybridized carbons (Fsp3) is 0.238. The second-order valence-corrected chi connectivity index (χ2v) is 8.15. The molecule has 0 aromatic heterocycles. The van der Waals surface area contributed by atoms with E-state index in [1.165, 1.54) is 25.1 Å². The van der Waals surface area contributed by atoms with Crippen molar-refractivity contribution in [1.82, 2.24) is 5.32 Å². The summed E-state index contributed by atoms with van der Waals surface area (Å²) < 4.78 is 33.3. The Hall–Kier alpha value is -3.13. The number of hydrogen-bond acceptors (Lipinski definition) is 5. The number of carbonyl (C=O) groups excluding carboxylic acids is 2. The number of aryl methyl sites for hydroxylation is 2. The Balaban J connectivity index is 2.26. The van der Waals surface area contributed by atoms with Gasteiger partial charge in [0.2, 0.25) is 0 Å². The van der Waals surface area contributed by atoms with Crippen molar-refractivity contribution in [3.8, 4) is 0 Å². The first kappa shape index (κ1) is 22.2. The van der Waals surface area contributed by atoms with Gasteiger partial charge in [-0.05, 0) is 50.1 Å². The predicted octanol–water partition coefficient (Wildman–Crippen LogP) is 2.95. The Morgan fingerprint density at radius 2 is 1.86 bits per heavy atom. The third-order valence-corrected chi connectivity index (χ3v) is 5.61. The van der Waals surface area contributed by atoms with Crippen LogP contribution in [0.5, 0.6) is 0 Å². The summed E-state index contributed by atoms with van der Waals surface area (Å²) in [6.45, 7) is 8.65. The molecule has 7 nitrogen and oxygen atoms in total. The molecule has 8 heteroatoms. The smallest absolute Gasteiger partial charge is 0.341 e. The molecule has 2 aromatic carbocycles. The number of para-hydroxylation sites is 1. The number of amides is 1. The Morgan fingerprint density at radius 3 is 2.55 bits per heavy atom. The first-order valence-electron chi connectivity index (χ1n) is 8.94. The lowest BCUT2D eigenvalue weighted by Crippen LogP contribution is -2.36. The number of sulfonamides is 1. The van der Waals surface area contributed by atoms with Crippen LogP contribution in [0.2, 0.25) is 0 Å². The summed E-state index contributed by atoms with van der Waals surface area (Å²) in [5.41, 5.74) is 1.44. The van der Waals surface area contributed by atoms with Gasteiger partial charge in [-0.1, -0.05) is 30.3 Å². The summed E-state index contributed by atoms with van der Waals surface area (Å²) >= 11 is 0. The Kier molecular flexibility index (Phi) is 7.17. The Labute approximate surface area is 170 Å². The van der Waals surface area contributed by atoms with Crippen LogP contribution in [0.1, 0.15) is 28.4 Å². The van der Waals surface area contributed by atoms with Gasteiger partial charge in [0.05, 0.1) is 16.1 Å². The molecular formula is C21H24N2O5S. The van der Waals surface area contributed by atoms with Gasteiger partial charge >= 0.3 is 5.97 Å². The van der Waals surface area contributed by atoms with Crippen molar-refractivity contribution < 1.29 is 22.7 Å². The highest BCUT2D eigenvalue weighted by atomic mass is 32.2. The van der Waals surface area contributed by atoms with Crippen molar-refractivity contribution in [2.75, 3.05) is 11.3 Å². The molecule has 154 valence electrons. The lowest BCUT2D eigenvalue weighted by molar-refractivity contribution is -0.128. The minimum atomic E-state index is -3.93. The number of benzene rings is 2. The first-order chi connectivity index (χ1) is 13.7. The maximum absolute atomic E-state index is 12.9. The lowest BCUT2D eigenvalue weighted by Gasteiger charge is -2.16. The van der Waals surface area contributed by atoms with Crippen LogP contribution in [-0.2, 0) is 19.6 Å². The van der Waals surface area contributed by atoms with Crippen molar-refractivity contribution >= 4 is 27.6 Å². The number of anilines is 1. The number of carbonyl (C=O) groups is 2. The Morgan fingerprint density at radius 1 is 1.17 bits per heavy atom. The highest BCUT2D eigenvalue weighted by molar-refractivity contribution is 7.92. The third-order valence-electron chi connectivity index (χ3n) is 4.10. The molecule has 0 bridgehead atoms. The molecule has 1 atom stereocenters. The number of nitrogens with one attached hydrogen (secondary N) is 2. The van der Waals surface area contributed by atoms with E-state index in [1.54, 1.807) is 38.1 Å². The van der Waals surface area contributed by atoms with Crippen LogP contribution in [0, 0.1) is 13.8 Å². The topological polar surface area (TPSA) is 102 Å². The quantitative estimate of drug-likeness (QED) is 0.509. The highest BCUT2D eigenvalue weighted by Crippen LogP contribution is 2.24. The average Bonchev–Trinajstić information content (AvgIpc) is 2.67. The summed E-state index contributed by atoms with van der Waals surface area (Å²) in [6, 6.07) is 11.2. The predicted molar refractivity (Wildman–Crippen MR) is 111 cm³/mol. The van der Waals surface area contributed by atoms with E-state index in [0.29, 0.717) is 5.56 Å². The maximum Gasteiger partial charge on any atom is 0.341 e. The largest absolute Gasteiger partial charge is 0.449 e. The second-order valence-electron chi connectivity index (χ2n) is 6.50. The van der Waals surface area contributed by atoms with E-state index < -0.39 is 28.0 Å². The van der Waals surface area contributed by atoms with Crippen LogP contribution in [-0.4, -0.2) is 32.9 Å². The van der Waals surface area contributed by atoms with E-state index >= 15 is 0 Å². The van der Waals surface area contributed by atoms with E-state index in [-0.39, 0.29) is 22.7 Å². The molecule has 0 fully saturated rings. The molecule has 0 saturated heterocycles. The summed E-state index contributed by atoms with van der Waals surface area (Å²) in [4.78, 5) is 24.6. The molecule has 0 aliphatic heterocycles. The second kappa shape index (κ2) is 9.38. The number of rotatable bonds is 8. The van der Waals surface area contributed by atoms with Crippen molar-refractivity contribution in [3.05, 3.63) is 71.8 Å². The Bertz CT molecular complexity index is 1030. The normalized spacial score (nSPS) is 12.0. The fourth-order valence-corrected chi connectivity index (χ4v) is 3.95. The summed E-state index contributed by atoms with van der Waals surface area (Å²) in [6.07, 6.45) is 0.454. The van der Waals surface area contributed by atoms with E-state index in [1.807, 2.05) is 6.07 Å². The van der Waals surface area contributed by atoms with Gasteiger partial charge in [-0.2, -0.15) is 0 Å². The van der Waals surface area contributed by atoms with Crippen LogP contribution in [0.25, 0.3) is 0 Å². The van der Waals surface area contributed by atoms with Crippen LogP contribution < -0.4 is 10.0 Å². The zero-order valence-electron chi connectivity index (χ0n) is 16.6. The molecule has 0 aliphatic rings. The summed E-state index contributed by atoms with van der Waals surface area (Å²) in [5.74, 6) is -1.29. The molecule has 0 radical (unpaired) electrons. The number of esters is 1. The molecule has 0 aliphatic carbocycles. The van der Waals surface area contributed by atoms with Gasteiger partial charge in [0.25, 0.3) is 15.9 Å². The van der Waals surface area contributed by atoms with E-state index in [0.717, 1.165) is 5.56 Å². The molecule has 0 heterocycles.